The number of halogens is 1. The molecule has 1 atom stereocenters. The van der Waals surface area contributed by atoms with Gasteiger partial charge in [-0.05, 0) is 54.8 Å². The van der Waals surface area contributed by atoms with Gasteiger partial charge in [-0.15, -0.1) is 0 Å². The third-order valence-electron chi connectivity index (χ3n) is 2.95. The molecule has 2 rings (SSSR count). The minimum atomic E-state index is -1.11. The largest absolute Gasteiger partial charge is 0.399 e. The van der Waals surface area contributed by atoms with E-state index in [4.69, 9.17) is 17.3 Å². The Bertz CT molecular complexity index is 640. The zero-order chi connectivity index (χ0) is 14.0. The third-order valence-corrected chi connectivity index (χ3v) is 4.82. The summed E-state index contributed by atoms with van der Waals surface area (Å²) >= 11 is 6.11. The van der Waals surface area contributed by atoms with Crippen LogP contribution in [0.1, 0.15) is 16.7 Å². The molecular formula is C15H16ClNOS. The van der Waals surface area contributed by atoms with E-state index in [1.165, 1.54) is 0 Å². The van der Waals surface area contributed by atoms with Gasteiger partial charge in [-0.1, -0.05) is 23.7 Å². The minimum absolute atomic E-state index is 0.383. The maximum Gasteiger partial charge on any atom is 0.0577 e. The molecule has 19 heavy (non-hydrogen) atoms. The Balaban J connectivity index is 2.30. The monoisotopic (exact) mass is 293 g/mol. The molecule has 4 heteroatoms. The Labute approximate surface area is 121 Å². The lowest BCUT2D eigenvalue weighted by atomic mass is 10.2. The molecule has 2 N–H and O–H groups in total. The first-order chi connectivity index (χ1) is 8.97. The number of anilines is 1. The summed E-state index contributed by atoms with van der Waals surface area (Å²) in [6.07, 6.45) is 0. The van der Waals surface area contributed by atoms with E-state index in [9.17, 15) is 4.21 Å². The normalized spacial score (nSPS) is 12.4. The Hall–Kier alpha value is -1.32. The summed E-state index contributed by atoms with van der Waals surface area (Å²) in [5.74, 6) is 0.383. The van der Waals surface area contributed by atoms with E-state index in [0.29, 0.717) is 16.5 Å². The van der Waals surface area contributed by atoms with Crippen LogP contribution in [0.4, 0.5) is 5.69 Å². The highest BCUT2D eigenvalue weighted by molar-refractivity contribution is 7.84. The zero-order valence-corrected chi connectivity index (χ0v) is 12.5. The molecule has 0 aliphatic carbocycles. The lowest BCUT2D eigenvalue weighted by Crippen LogP contribution is -2.01. The third kappa shape index (κ3) is 3.37. The number of nitrogen functional groups attached to an aromatic ring is 1. The molecule has 0 fully saturated rings. The molecule has 0 saturated heterocycles. The predicted molar refractivity (Wildman–Crippen MR) is 81.9 cm³/mol. The van der Waals surface area contributed by atoms with Gasteiger partial charge in [0.15, 0.2) is 0 Å². The van der Waals surface area contributed by atoms with E-state index in [0.717, 1.165) is 21.6 Å². The van der Waals surface area contributed by atoms with Crippen LogP contribution in [0.5, 0.6) is 0 Å². The van der Waals surface area contributed by atoms with Gasteiger partial charge < -0.3 is 5.73 Å². The van der Waals surface area contributed by atoms with Crippen LogP contribution in [0.2, 0.25) is 5.02 Å². The smallest absolute Gasteiger partial charge is 0.0577 e. The summed E-state index contributed by atoms with van der Waals surface area (Å²) < 4.78 is 12.5. The summed E-state index contributed by atoms with van der Waals surface area (Å²) in [4.78, 5) is 0.860. The van der Waals surface area contributed by atoms with Gasteiger partial charge in [-0.2, -0.15) is 0 Å². The fourth-order valence-electron chi connectivity index (χ4n) is 1.88. The molecule has 0 spiro atoms. The van der Waals surface area contributed by atoms with Gasteiger partial charge in [-0.3, -0.25) is 4.21 Å². The van der Waals surface area contributed by atoms with Gasteiger partial charge in [0.1, 0.15) is 0 Å². The average molecular weight is 294 g/mol. The van der Waals surface area contributed by atoms with E-state index in [2.05, 4.69) is 0 Å². The number of aryl methyl sites for hydroxylation is 2. The first-order valence-electron chi connectivity index (χ1n) is 5.97. The topological polar surface area (TPSA) is 43.1 Å². The van der Waals surface area contributed by atoms with E-state index >= 15 is 0 Å². The van der Waals surface area contributed by atoms with Crippen molar-refractivity contribution in [2.45, 2.75) is 24.5 Å². The molecule has 2 aromatic rings. The lowest BCUT2D eigenvalue weighted by molar-refractivity contribution is 0.682. The van der Waals surface area contributed by atoms with Crippen LogP contribution >= 0.6 is 11.6 Å². The van der Waals surface area contributed by atoms with Crippen LogP contribution in [-0.2, 0) is 16.6 Å². The molecule has 0 amide bonds. The van der Waals surface area contributed by atoms with Gasteiger partial charge in [0.2, 0.25) is 0 Å². The predicted octanol–water partition coefficient (Wildman–Crippen LogP) is 3.85. The van der Waals surface area contributed by atoms with Gasteiger partial charge in [0.25, 0.3) is 0 Å². The number of hydrogen-bond acceptors (Lipinski definition) is 2. The first-order valence-corrected chi connectivity index (χ1v) is 7.66. The van der Waals surface area contributed by atoms with Gasteiger partial charge in [0, 0.05) is 15.6 Å². The molecule has 0 aliphatic rings. The molecule has 0 bridgehead atoms. The molecule has 1 unspecified atom stereocenters. The number of benzene rings is 2. The van der Waals surface area contributed by atoms with E-state index in [1.54, 1.807) is 18.2 Å². The van der Waals surface area contributed by atoms with Crippen LogP contribution in [0.25, 0.3) is 0 Å². The molecule has 0 heterocycles. The van der Waals surface area contributed by atoms with Gasteiger partial charge >= 0.3 is 0 Å². The quantitative estimate of drug-likeness (QED) is 0.874. The van der Waals surface area contributed by atoms with E-state index in [1.807, 2.05) is 32.0 Å². The van der Waals surface area contributed by atoms with Crippen LogP contribution in [0, 0.1) is 13.8 Å². The number of nitrogens with two attached hydrogens (primary N) is 1. The maximum atomic E-state index is 12.5. The Morgan fingerprint density at radius 2 is 1.89 bits per heavy atom. The SMILES string of the molecule is Cc1ccc(C)c(S(=O)Cc2cc(N)ccc2Cl)c1. The standard InChI is InChI=1S/C15H16ClNOS/c1-10-3-4-11(2)15(7-10)19(18)9-12-8-13(17)5-6-14(12)16/h3-8H,9,17H2,1-2H3. The second-order valence-electron chi connectivity index (χ2n) is 4.61. The lowest BCUT2D eigenvalue weighted by Gasteiger charge is -2.09. The van der Waals surface area contributed by atoms with Crippen molar-refractivity contribution in [1.82, 2.24) is 0 Å². The van der Waals surface area contributed by atoms with Crippen LogP contribution in [0.3, 0.4) is 0 Å². The van der Waals surface area contributed by atoms with Crippen molar-refractivity contribution in [1.29, 1.82) is 0 Å². The highest BCUT2D eigenvalue weighted by Crippen LogP contribution is 2.24. The van der Waals surface area contributed by atoms with Gasteiger partial charge in [0.05, 0.1) is 16.6 Å². The van der Waals surface area contributed by atoms with Crippen LogP contribution < -0.4 is 5.73 Å². The van der Waals surface area contributed by atoms with Crippen LogP contribution in [0.15, 0.2) is 41.3 Å². The fourth-order valence-corrected chi connectivity index (χ4v) is 3.56. The molecule has 0 aromatic heterocycles. The molecule has 2 nitrogen and oxygen atoms in total. The maximum absolute atomic E-state index is 12.5. The number of hydrogen-bond donors (Lipinski definition) is 1. The van der Waals surface area contributed by atoms with Gasteiger partial charge in [-0.25, -0.2) is 0 Å². The summed E-state index contributed by atoms with van der Waals surface area (Å²) in [5, 5.41) is 0.604. The molecular weight excluding hydrogens is 278 g/mol. The summed E-state index contributed by atoms with van der Waals surface area (Å²) in [7, 11) is -1.11. The van der Waals surface area contributed by atoms with E-state index in [-0.39, 0.29) is 0 Å². The molecule has 0 aliphatic heterocycles. The Kier molecular flexibility index (Phi) is 4.27. The summed E-state index contributed by atoms with van der Waals surface area (Å²) in [5.41, 5.74) is 9.33. The highest BCUT2D eigenvalue weighted by Gasteiger charge is 2.11. The number of rotatable bonds is 3. The van der Waals surface area contributed by atoms with E-state index < -0.39 is 10.8 Å². The average Bonchev–Trinajstić information content (AvgIpc) is 2.36. The van der Waals surface area contributed by atoms with Crippen molar-refractivity contribution in [3.05, 3.63) is 58.1 Å². The molecule has 0 radical (unpaired) electrons. The van der Waals surface area contributed by atoms with Crippen molar-refractivity contribution in [3.63, 3.8) is 0 Å². The summed E-state index contributed by atoms with van der Waals surface area (Å²) in [6.45, 7) is 3.96. The van der Waals surface area contributed by atoms with Crippen LogP contribution in [-0.4, -0.2) is 4.21 Å². The molecule has 2 aromatic carbocycles. The highest BCUT2D eigenvalue weighted by atomic mass is 35.5. The van der Waals surface area contributed by atoms with Crippen molar-refractivity contribution < 1.29 is 4.21 Å². The van der Waals surface area contributed by atoms with Crippen molar-refractivity contribution >= 4 is 28.1 Å². The summed E-state index contributed by atoms with van der Waals surface area (Å²) in [6, 6.07) is 11.2. The minimum Gasteiger partial charge on any atom is -0.399 e. The van der Waals surface area contributed by atoms with Crippen molar-refractivity contribution in [3.8, 4) is 0 Å². The van der Waals surface area contributed by atoms with Crippen molar-refractivity contribution in [2.75, 3.05) is 5.73 Å². The Morgan fingerprint density at radius 3 is 2.63 bits per heavy atom. The Morgan fingerprint density at radius 1 is 1.16 bits per heavy atom. The second-order valence-corrected chi connectivity index (χ2v) is 6.44. The fraction of sp³-hybridized carbons (Fsp3) is 0.200. The zero-order valence-electron chi connectivity index (χ0n) is 10.9. The molecule has 0 saturated carbocycles. The second kappa shape index (κ2) is 5.76. The first kappa shape index (κ1) is 14.1. The molecule has 100 valence electrons. The van der Waals surface area contributed by atoms with Crippen molar-refractivity contribution in [2.24, 2.45) is 0 Å².